The molecule has 0 N–H and O–H groups in total. The highest BCUT2D eigenvalue weighted by Crippen LogP contribution is 2.28. The van der Waals surface area contributed by atoms with Gasteiger partial charge in [-0.05, 0) is 29.7 Å². The highest BCUT2D eigenvalue weighted by Gasteiger charge is 2.24. The van der Waals surface area contributed by atoms with Gasteiger partial charge in [0.15, 0.2) is 0 Å². The molecule has 0 spiro atoms. The summed E-state index contributed by atoms with van der Waals surface area (Å²) in [4.78, 5) is 19.4. The number of methoxy groups -OCH3 is 1. The van der Waals surface area contributed by atoms with Gasteiger partial charge in [0.05, 0.1) is 19.3 Å². The van der Waals surface area contributed by atoms with Crippen molar-refractivity contribution in [3.05, 3.63) is 66.2 Å². The van der Waals surface area contributed by atoms with Crippen molar-refractivity contribution >= 4 is 17.2 Å². The first-order chi connectivity index (χ1) is 14.2. The zero-order chi connectivity index (χ0) is 20.1. The van der Waals surface area contributed by atoms with Gasteiger partial charge in [0.2, 0.25) is 5.91 Å². The van der Waals surface area contributed by atoms with Crippen LogP contribution in [0, 0.1) is 0 Å². The highest BCUT2D eigenvalue weighted by molar-refractivity contribution is 5.80. The standard InChI is InChI=1S/C24H29N3O2/c1-29-23-10-6-5-9-22(23)26-17-15-25(16-18-26)19-24(28)27-13-11-21(12-14-27)20-7-3-2-4-8-20/h2-11H,12-19H2,1H3. The van der Waals surface area contributed by atoms with Gasteiger partial charge in [-0.3, -0.25) is 9.69 Å². The summed E-state index contributed by atoms with van der Waals surface area (Å²) >= 11 is 0. The second kappa shape index (κ2) is 9.14. The lowest BCUT2D eigenvalue weighted by Gasteiger charge is -2.37. The second-order valence-corrected chi connectivity index (χ2v) is 7.62. The Bertz CT molecular complexity index is 857. The monoisotopic (exact) mass is 391 g/mol. The Morgan fingerprint density at radius 2 is 1.66 bits per heavy atom. The van der Waals surface area contributed by atoms with Gasteiger partial charge in [-0.15, -0.1) is 0 Å². The number of carbonyl (C=O) groups excluding carboxylic acids is 1. The Kier molecular flexibility index (Phi) is 6.15. The SMILES string of the molecule is COc1ccccc1N1CCN(CC(=O)N2CC=C(c3ccccc3)CC2)CC1. The number of para-hydroxylation sites is 2. The lowest BCUT2D eigenvalue weighted by Crippen LogP contribution is -2.50. The molecule has 1 amide bonds. The van der Waals surface area contributed by atoms with Crippen molar-refractivity contribution in [1.82, 2.24) is 9.80 Å². The first-order valence-electron chi connectivity index (χ1n) is 10.4. The van der Waals surface area contributed by atoms with E-state index >= 15 is 0 Å². The summed E-state index contributed by atoms with van der Waals surface area (Å²) in [5.41, 5.74) is 3.75. The number of carbonyl (C=O) groups is 1. The third kappa shape index (κ3) is 4.62. The molecule has 29 heavy (non-hydrogen) atoms. The van der Waals surface area contributed by atoms with Crippen molar-refractivity contribution in [1.29, 1.82) is 0 Å². The molecule has 0 aliphatic carbocycles. The molecular formula is C24H29N3O2. The molecule has 5 heteroatoms. The topological polar surface area (TPSA) is 36.0 Å². The summed E-state index contributed by atoms with van der Waals surface area (Å²) in [6.45, 7) is 5.63. The molecule has 2 aliphatic heterocycles. The Morgan fingerprint density at radius 1 is 0.931 bits per heavy atom. The normalized spacial score (nSPS) is 17.8. The number of hydrogen-bond acceptors (Lipinski definition) is 4. The van der Waals surface area contributed by atoms with Crippen molar-refractivity contribution in [3.63, 3.8) is 0 Å². The van der Waals surface area contributed by atoms with E-state index in [1.54, 1.807) is 7.11 Å². The predicted octanol–water partition coefficient (Wildman–Crippen LogP) is 3.13. The van der Waals surface area contributed by atoms with Crippen molar-refractivity contribution in [2.45, 2.75) is 6.42 Å². The van der Waals surface area contributed by atoms with Crippen molar-refractivity contribution < 1.29 is 9.53 Å². The molecule has 0 atom stereocenters. The zero-order valence-electron chi connectivity index (χ0n) is 17.1. The van der Waals surface area contributed by atoms with Gasteiger partial charge in [-0.2, -0.15) is 0 Å². The van der Waals surface area contributed by atoms with Crippen LogP contribution in [0.3, 0.4) is 0 Å². The maximum Gasteiger partial charge on any atom is 0.237 e. The van der Waals surface area contributed by atoms with Crippen LogP contribution in [0.5, 0.6) is 5.75 Å². The summed E-state index contributed by atoms with van der Waals surface area (Å²) in [5, 5.41) is 0. The number of benzene rings is 2. The molecule has 0 saturated carbocycles. The van der Waals surface area contributed by atoms with Crippen LogP contribution < -0.4 is 9.64 Å². The van der Waals surface area contributed by atoms with Gasteiger partial charge < -0.3 is 14.5 Å². The van der Waals surface area contributed by atoms with E-state index in [0.29, 0.717) is 13.1 Å². The van der Waals surface area contributed by atoms with E-state index in [2.05, 4.69) is 46.2 Å². The maximum atomic E-state index is 12.8. The van der Waals surface area contributed by atoms with Crippen molar-refractivity contribution in [3.8, 4) is 5.75 Å². The molecule has 0 bridgehead atoms. The number of ether oxygens (including phenoxy) is 1. The molecule has 1 fully saturated rings. The average molecular weight is 392 g/mol. The van der Waals surface area contributed by atoms with Crippen LogP contribution in [-0.2, 0) is 4.79 Å². The average Bonchev–Trinajstić information content (AvgIpc) is 2.80. The maximum absolute atomic E-state index is 12.8. The second-order valence-electron chi connectivity index (χ2n) is 7.62. The van der Waals surface area contributed by atoms with Crippen molar-refractivity contribution in [2.24, 2.45) is 0 Å². The number of nitrogens with zero attached hydrogens (tertiary/aromatic N) is 3. The van der Waals surface area contributed by atoms with E-state index < -0.39 is 0 Å². The highest BCUT2D eigenvalue weighted by atomic mass is 16.5. The van der Waals surface area contributed by atoms with Gasteiger partial charge in [0.1, 0.15) is 5.75 Å². The van der Waals surface area contributed by atoms with Gasteiger partial charge >= 0.3 is 0 Å². The molecule has 0 radical (unpaired) electrons. The predicted molar refractivity (Wildman–Crippen MR) is 117 cm³/mol. The van der Waals surface area contributed by atoms with Crippen LogP contribution in [0.25, 0.3) is 5.57 Å². The Hall–Kier alpha value is -2.79. The lowest BCUT2D eigenvalue weighted by molar-refractivity contribution is -0.132. The lowest BCUT2D eigenvalue weighted by atomic mass is 9.99. The first kappa shape index (κ1) is 19.5. The molecule has 1 saturated heterocycles. The molecule has 152 valence electrons. The van der Waals surface area contributed by atoms with E-state index in [0.717, 1.165) is 50.6 Å². The van der Waals surface area contributed by atoms with Crippen LogP contribution in [0.1, 0.15) is 12.0 Å². The van der Waals surface area contributed by atoms with Gasteiger partial charge in [-0.25, -0.2) is 0 Å². The van der Waals surface area contributed by atoms with Crippen LogP contribution in [-0.4, -0.2) is 68.6 Å². The van der Waals surface area contributed by atoms with E-state index in [1.807, 2.05) is 29.2 Å². The van der Waals surface area contributed by atoms with Crippen LogP contribution in [0.2, 0.25) is 0 Å². The summed E-state index contributed by atoms with van der Waals surface area (Å²) in [5.74, 6) is 1.14. The minimum absolute atomic E-state index is 0.235. The summed E-state index contributed by atoms with van der Waals surface area (Å²) in [6, 6.07) is 18.6. The van der Waals surface area contributed by atoms with Gasteiger partial charge in [0.25, 0.3) is 0 Å². The molecule has 0 aromatic heterocycles. The first-order valence-corrected chi connectivity index (χ1v) is 10.4. The third-order valence-electron chi connectivity index (χ3n) is 5.86. The molecular weight excluding hydrogens is 362 g/mol. The number of hydrogen-bond donors (Lipinski definition) is 0. The van der Waals surface area contributed by atoms with Crippen molar-refractivity contribution in [2.75, 3.05) is 57.8 Å². The number of piperazine rings is 1. The fourth-order valence-corrected chi connectivity index (χ4v) is 4.14. The van der Waals surface area contributed by atoms with Crippen LogP contribution >= 0.6 is 0 Å². The Balaban J connectivity index is 1.28. The molecule has 2 aliphatic rings. The number of anilines is 1. The fourth-order valence-electron chi connectivity index (χ4n) is 4.14. The molecule has 5 nitrogen and oxygen atoms in total. The summed E-state index contributed by atoms with van der Waals surface area (Å²) < 4.78 is 5.49. The Morgan fingerprint density at radius 3 is 2.34 bits per heavy atom. The molecule has 2 aromatic carbocycles. The number of rotatable bonds is 5. The van der Waals surface area contributed by atoms with E-state index in [1.165, 1.54) is 11.1 Å². The zero-order valence-corrected chi connectivity index (χ0v) is 17.1. The summed E-state index contributed by atoms with van der Waals surface area (Å²) in [6.07, 6.45) is 3.13. The Labute approximate surface area is 173 Å². The minimum Gasteiger partial charge on any atom is -0.495 e. The van der Waals surface area contributed by atoms with Crippen LogP contribution in [0.15, 0.2) is 60.7 Å². The van der Waals surface area contributed by atoms with E-state index in [4.69, 9.17) is 4.74 Å². The van der Waals surface area contributed by atoms with Gasteiger partial charge in [0, 0.05) is 39.3 Å². The van der Waals surface area contributed by atoms with E-state index in [-0.39, 0.29) is 5.91 Å². The van der Waals surface area contributed by atoms with Gasteiger partial charge in [-0.1, -0.05) is 48.5 Å². The van der Waals surface area contributed by atoms with Crippen LogP contribution in [0.4, 0.5) is 5.69 Å². The van der Waals surface area contributed by atoms with E-state index in [9.17, 15) is 4.79 Å². The largest absolute Gasteiger partial charge is 0.495 e. The smallest absolute Gasteiger partial charge is 0.237 e. The third-order valence-corrected chi connectivity index (χ3v) is 5.86. The molecule has 0 unspecified atom stereocenters. The minimum atomic E-state index is 0.235. The number of amides is 1. The summed E-state index contributed by atoms with van der Waals surface area (Å²) in [7, 11) is 1.71. The quantitative estimate of drug-likeness (QED) is 0.785. The molecule has 4 rings (SSSR count). The molecule has 2 heterocycles. The fraction of sp³-hybridized carbons (Fsp3) is 0.375. The molecule has 2 aromatic rings.